The highest BCUT2D eigenvalue weighted by molar-refractivity contribution is 6.11. The normalized spacial score (nSPS) is 11.8. The van der Waals surface area contributed by atoms with Crippen LogP contribution in [0.25, 0.3) is 12.2 Å². The molecule has 5 heteroatoms. The third-order valence-electron chi connectivity index (χ3n) is 2.76. The fourth-order valence-corrected chi connectivity index (χ4v) is 1.77. The molecule has 0 aliphatic carbocycles. The van der Waals surface area contributed by atoms with Crippen molar-refractivity contribution in [2.24, 2.45) is 0 Å². The van der Waals surface area contributed by atoms with E-state index in [4.69, 9.17) is 13.6 Å². The van der Waals surface area contributed by atoms with Gasteiger partial charge in [0.05, 0.1) is 25.6 Å². The lowest BCUT2D eigenvalue weighted by atomic mass is 10.1. The number of hydrogen-bond acceptors (Lipinski definition) is 5. The largest absolute Gasteiger partial charge is 0.466 e. The fraction of sp³-hybridized carbons (Fsp3) is 0.176. The SMILES string of the molecule is CCOC(=O)CC(=Cc1ccco1)C(=O)C=Cc1ccco1. The summed E-state index contributed by atoms with van der Waals surface area (Å²) in [6.45, 7) is 1.98. The van der Waals surface area contributed by atoms with Crippen LogP contribution < -0.4 is 0 Å². The molecule has 0 saturated carbocycles. The maximum Gasteiger partial charge on any atom is 0.310 e. The second-order valence-electron chi connectivity index (χ2n) is 4.38. The molecule has 0 bridgehead atoms. The number of furan rings is 2. The van der Waals surface area contributed by atoms with Crippen LogP contribution in [0.3, 0.4) is 0 Å². The molecule has 0 fully saturated rings. The van der Waals surface area contributed by atoms with Gasteiger partial charge < -0.3 is 13.6 Å². The lowest BCUT2D eigenvalue weighted by Gasteiger charge is -2.03. The van der Waals surface area contributed by atoms with E-state index in [1.807, 2.05) is 0 Å². The molecule has 0 atom stereocenters. The van der Waals surface area contributed by atoms with E-state index in [2.05, 4.69) is 0 Å². The van der Waals surface area contributed by atoms with Crippen molar-refractivity contribution in [1.82, 2.24) is 0 Å². The third-order valence-corrected chi connectivity index (χ3v) is 2.76. The Hall–Kier alpha value is -2.82. The average Bonchev–Trinajstić information content (AvgIpc) is 3.17. The summed E-state index contributed by atoms with van der Waals surface area (Å²) in [6.07, 6.45) is 7.33. The minimum absolute atomic E-state index is 0.115. The predicted molar refractivity (Wildman–Crippen MR) is 80.7 cm³/mol. The summed E-state index contributed by atoms with van der Waals surface area (Å²) >= 11 is 0. The van der Waals surface area contributed by atoms with Crippen LogP contribution in [-0.2, 0) is 14.3 Å². The molecule has 5 nitrogen and oxygen atoms in total. The predicted octanol–water partition coefficient (Wildman–Crippen LogP) is 3.49. The quantitative estimate of drug-likeness (QED) is 0.578. The lowest BCUT2D eigenvalue weighted by Crippen LogP contribution is -2.09. The summed E-state index contributed by atoms with van der Waals surface area (Å²) in [5.41, 5.74) is 0.288. The van der Waals surface area contributed by atoms with Gasteiger partial charge in [-0.2, -0.15) is 0 Å². The molecule has 0 aromatic carbocycles. The van der Waals surface area contributed by atoms with E-state index < -0.39 is 5.97 Å². The summed E-state index contributed by atoms with van der Waals surface area (Å²) in [5.74, 6) is 0.293. The van der Waals surface area contributed by atoms with Crippen LogP contribution >= 0.6 is 0 Å². The molecule has 114 valence electrons. The van der Waals surface area contributed by atoms with Crippen molar-refractivity contribution in [3.05, 3.63) is 60.0 Å². The molecular formula is C17H16O5. The summed E-state index contributed by atoms with van der Waals surface area (Å²) < 4.78 is 15.2. The molecule has 0 unspecified atom stereocenters. The topological polar surface area (TPSA) is 69.7 Å². The summed E-state index contributed by atoms with van der Waals surface area (Å²) in [5, 5.41) is 0. The van der Waals surface area contributed by atoms with Crippen LogP contribution in [0, 0.1) is 0 Å². The Bertz CT molecular complexity index is 660. The van der Waals surface area contributed by atoms with Crippen molar-refractivity contribution in [3.8, 4) is 0 Å². The third kappa shape index (κ3) is 4.63. The Morgan fingerprint density at radius 2 is 1.82 bits per heavy atom. The van der Waals surface area contributed by atoms with E-state index in [1.165, 1.54) is 24.7 Å². The molecule has 0 N–H and O–H groups in total. The zero-order chi connectivity index (χ0) is 15.8. The van der Waals surface area contributed by atoms with Gasteiger partial charge in [0.2, 0.25) is 0 Å². The molecule has 22 heavy (non-hydrogen) atoms. The van der Waals surface area contributed by atoms with Crippen LogP contribution in [0.5, 0.6) is 0 Å². The first-order valence-electron chi connectivity index (χ1n) is 6.84. The monoisotopic (exact) mass is 300 g/mol. The van der Waals surface area contributed by atoms with E-state index in [9.17, 15) is 9.59 Å². The summed E-state index contributed by atoms with van der Waals surface area (Å²) in [4.78, 5) is 23.9. The van der Waals surface area contributed by atoms with Crippen LogP contribution in [0.15, 0.2) is 57.3 Å². The van der Waals surface area contributed by atoms with Gasteiger partial charge >= 0.3 is 5.97 Å². The zero-order valence-electron chi connectivity index (χ0n) is 12.2. The molecule has 0 amide bonds. The Morgan fingerprint density at radius 3 is 2.41 bits per heavy atom. The molecule has 2 rings (SSSR count). The molecule has 0 saturated heterocycles. The summed E-state index contributed by atoms with van der Waals surface area (Å²) in [7, 11) is 0. The highest BCUT2D eigenvalue weighted by Crippen LogP contribution is 2.14. The van der Waals surface area contributed by atoms with E-state index in [0.29, 0.717) is 11.5 Å². The minimum atomic E-state index is -0.458. The van der Waals surface area contributed by atoms with Crippen molar-refractivity contribution in [2.75, 3.05) is 6.61 Å². The minimum Gasteiger partial charge on any atom is -0.466 e. The Labute approximate surface area is 127 Å². The van der Waals surface area contributed by atoms with Gasteiger partial charge in [-0.05, 0) is 49.4 Å². The summed E-state index contributed by atoms with van der Waals surface area (Å²) in [6, 6.07) is 6.86. The second-order valence-corrected chi connectivity index (χ2v) is 4.38. The van der Waals surface area contributed by atoms with Crippen molar-refractivity contribution in [1.29, 1.82) is 0 Å². The van der Waals surface area contributed by atoms with Gasteiger partial charge in [0.1, 0.15) is 11.5 Å². The maximum absolute atomic E-state index is 12.3. The number of ketones is 1. The Balaban J connectivity index is 2.16. The van der Waals surface area contributed by atoms with Crippen LogP contribution in [0.2, 0.25) is 0 Å². The van der Waals surface area contributed by atoms with Crippen LogP contribution in [0.1, 0.15) is 24.9 Å². The first kappa shape index (κ1) is 15.6. The van der Waals surface area contributed by atoms with E-state index >= 15 is 0 Å². The van der Waals surface area contributed by atoms with E-state index in [0.717, 1.165) is 0 Å². The van der Waals surface area contributed by atoms with E-state index in [-0.39, 0.29) is 24.4 Å². The van der Waals surface area contributed by atoms with Gasteiger partial charge in [0, 0.05) is 5.57 Å². The first-order chi connectivity index (χ1) is 10.7. The number of carbonyl (C=O) groups excluding carboxylic acids is 2. The van der Waals surface area contributed by atoms with Gasteiger partial charge in [-0.25, -0.2) is 0 Å². The molecule has 2 heterocycles. The van der Waals surface area contributed by atoms with Crippen molar-refractivity contribution < 1.29 is 23.2 Å². The van der Waals surface area contributed by atoms with Gasteiger partial charge in [-0.15, -0.1) is 0 Å². The number of allylic oxidation sites excluding steroid dienone is 1. The number of esters is 1. The van der Waals surface area contributed by atoms with Crippen molar-refractivity contribution in [2.45, 2.75) is 13.3 Å². The molecule has 0 spiro atoms. The van der Waals surface area contributed by atoms with Crippen molar-refractivity contribution >= 4 is 23.9 Å². The van der Waals surface area contributed by atoms with Crippen LogP contribution in [-0.4, -0.2) is 18.4 Å². The standard InChI is InChI=1S/C17H16O5/c1-2-20-17(19)12-13(11-15-6-4-10-22-15)16(18)8-7-14-5-3-9-21-14/h3-11H,2,12H2,1H3. The molecule has 0 aliphatic rings. The maximum atomic E-state index is 12.3. The smallest absolute Gasteiger partial charge is 0.310 e. The van der Waals surface area contributed by atoms with Gasteiger partial charge in [-0.3, -0.25) is 9.59 Å². The molecule has 2 aromatic rings. The van der Waals surface area contributed by atoms with Gasteiger partial charge in [-0.1, -0.05) is 0 Å². The van der Waals surface area contributed by atoms with Crippen molar-refractivity contribution in [3.63, 3.8) is 0 Å². The lowest BCUT2D eigenvalue weighted by molar-refractivity contribution is -0.142. The molecular weight excluding hydrogens is 284 g/mol. The Morgan fingerprint density at radius 1 is 1.14 bits per heavy atom. The number of rotatable bonds is 7. The number of ether oxygens (including phenoxy) is 1. The van der Waals surface area contributed by atoms with E-state index in [1.54, 1.807) is 37.3 Å². The first-order valence-corrected chi connectivity index (χ1v) is 6.84. The molecule has 0 aliphatic heterocycles. The van der Waals surface area contributed by atoms with Gasteiger partial charge in [0.25, 0.3) is 0 Å². The number of hydrogen-bond donors (Lipinski definition) is 0. The Kier molecular flexibility index (Phi) is 5.54. The second kappa shape index (κ2) is 7.83. The average molecular weight is 300 g/mol. The van der Waals surface area contributed by atoms with Crippen LogP contribution in [0.4, 0.5) is 0 Å². The number of carbonyl (C=O) groups is 2. The molecule has 0 radical (unpaired) electrons. The fourth-order valence-electron chi connectivity index (χ4n) is 1.77. The van der Waals surface area contributed by atoms with Gasteiger partial charge in [0.15, 0.2) is 5.78 Å². The highest BCUT2D eigenvalue weighted by Gasteiger charge is 2.13. The molecule has 2 aromatic heterocycles. The highest BCUT2D eigenvalue weighted by atomic mass is 16.5. The zero-order valence-corrected chi connectivity index (χ0v) is 12.2.